The number of carbonyl (C=O) groups excluding carboxylic acids is 1. The minimum absolute atomic E-state index is 0.352. The van der Waals surface area contributed by atoms with Crippen LogP contribution in [0.15, 0.2) is 22.9 Å². The number of hydrogen-bond acceptors (Lipinski definition) is 3. The number of pyridine rings is 1. The van der Waals surface area contributed by atoms with Gasteiger partial charge in [0.1, 0.15) is 10.1 Å². The lowest BCUT2D eigenvalue weighted by Gasteiger charge is -2.25. The molecule has 1 aliphatic carbocycles. The Hall–Kier alpha value is -1.43. The zero-order valence-corrected chi connectivity index (χ0v) is 11.2. The summed E-state index contributed by atoms with van der Waals surface area (Å²) in [5, 5.41) is 11.9. The maximum Gasteiger partial charge on any atom is 0.329 e. The van der Waals surface area contributed by atoms with Crippen molar-refractivity contribution in [3.05, 3.63) is 28.5 Å². The molecule has 0 atom stereocenters. The van der Waals surface area contributed by atoms with Gasteiger partial charge in [-0.2, -0.15) is 0 Å². The first-order valence-electron chi connectivity index (χ1n) is 5.72. The molecule has 5 nitrogen and oxygen atoms in total. The van der Waals surface area contributed by atoms with Gasteiger partial charge >= 0.3 is 5.97 Å². The molecule has 1 fully saturated rings. The predicted octanol–water partition coefficient (Wildman–Crippen LogP) is 1.97. The molecule has 0 radical (unpaired) electrons. The predicted molar refractivity (Wildman–Crippen MR) is 68.2 cm³/mol. The van der Waals surface area contributed by atoms with Gasteiger partial charge < -0.3 is 10.4 Å². The van der Waals surface area contributed by atoms with Crippen LogP contribution in [0.1, 0.15) is 36.0 Å². The van der Waals surface area contributed by atoms with E-state index in [0.29, 0.717) is 23.0 Å². The Morgan fingerprint density at radius 3 is 2.61 bits per heavy atom. The van der Waals surface area contributed by atoms with Gasteiger partial charge in [-0.1, -0.05) is 12.8 Å². The van der Waals surface area contributed by atoms with E-state index >= 15 is 0 Å². The van der Waals surface area contributed by atoms with E-state index < -0.39 is 17.4 Å². The van der Waals surface area contributed by atoms with Gasteiger partial charge in [0, 0.05) is 6.20 Å². The average molecular weight is 313 g/mol. The van der Waals surface area contributed by atoms with E-state index in [1.807, 2.05) is 0 Å². The molecular weight excluding hydrogens is 300 g/mol. The Morgan fingerprint density at radius 2 is 2.06 bits per heavy atom. The van der Waals surface area contributed by atoms with Crippen molar-refractivity contribution in [3.8, 4) is 0 Å². The first-order chi connectivity index (χ1) is 8.55. The molecule has 6 heteroatoms. The zero-order valence-electron chi connectivity index (χ0n) is 9.65. The van der Waals surface area contributed by atoms with Gasteiger partial charge in [0.15, 0.2) is 0 Å². The number of aliphatic carboxylic acids is 1. The van der Waals surface area contributed by atoms with Crippen LogP contribution >= 0.6 is 15.9 Å². The second-order valence-corrected chi connectivity index (χ2v) is 5.14. The monoisotopic (exact) mass is 312 g/mol. The molecule has 1 aromatic heterocycles. The highest BCUT2D eigenvalue weighted by Gasteiger charge is 2.42. The Morgan fingerprint density at radius 1 is 1.39 bits per heavy atom. The molecule has 0 aliphatic heterocycles. The van der Waals surface area contributed by atoms with E-state index in [4.69, 9.17) is 0 Å². The van der Waals surface area contributed by atoms with Gasteiger partial charge in [-0.15, -0.1) is 0 Å². The number of carbonyl (C=O) groups is 2. The van der Waals surface area contributed by atoms with Crippen molar-refractivity contribution >= 4 is 27.8 Å². The number of rotatable bonds is 3. The number of amides is 1. The summed E-state index contributed by atoms with van der Waals surface area (Å²) in [7, 11) is 0. The maximum absolute atomic E-state index is 12.1. The lowest BCUT2D eigenvalue weighted by Crippen LogP contribution is -2.52. The fourth-order valence-electron chi connectivity index (χ4n) is 2.21. The molecule has 0 bridgehead atoms. The highest BCUT2D eigenvalue weighted by atomic mass is 79.9. The summed E-state index contributed by atoms with van der Waals surface area (Å²) in [4.78, 5) is 27.4. The second kappa shape index (κ2) is 5.06. The molecule has 0 saturated heterocycles. The number of aromatic nitrogens is 1. The van der Waals surface area contributed by atoms with Crippen molar-refractivity contribution in [2.75, 3.05) is 0 Å². The molecule has 2 N–H and O–H groups in total. The van der Waals surface area contributed by atoms with E-state index in [1.165, 1.54) is 0 Å². The number of carboxylic acids is 1. The summed E-state index contributed by atoms with van der Waals surface area (Å²) in [5.74, 6) is -1.37. The van der Waals surface area contributed by atoms with Gasteiger partial charge in [0.05, 0.1) is 5.56 Å². The fourth-order valence-corrected chi connectivity index (χ4v) is 2.64. The molecule has 1 heterocycles. The molecule has 1 saturated carbocycles. The van der Waals surface area contributed by atoms with E-state index in [0.717, 1.165) is 12.8 Å². The van der Waals surface area contributed by atoms with Crippen LogP contribution in [-0.2, 0) is 4.79 Å². The third-order valence-electron chi connectivity index (χ3n) is 3.22. The molecule has 0 spiro atoms. The molecule has 0 aromatic carbocycles. The maximum atomic E-state index is 12.1. The van der Waals surface area contributed by atoms with E-state index in [9.17, 15) is 14.7 Å². The lowest BCUT2D eigenvalue weighted by molar-refractivity contribution is -0.144. The van der Waals surface area contributed by atoms with E-state index in [1.54, 1.807) is 18.3 Å². The molecule has 1 aromatic rings. The number of carboxylic acid groups (broad SMARTS) is 1. The second-order valence-electron chi connectivity index (χ2n) is 4.39. The molecule has 1 aliphatic rings. The molecule has 18 heavy (non-hydrogen) atoms. The summed E-state index contributed by atoms with van der Waals surface area (Å²) in [5.41, 5.74) is -0.767. The fraction of sp³-hybridized carbons (Fsp3) is 0.417. The Kier molecular flexibility index (Phi) is 3.65. The first kappa shape index (κ1) is 13.0. The minimum atomic E-state index is -1.12. The first-order valence-corrected chi connectivity index (χ1v) is 6.51. The van der Waals surface area contributed by atoms with Crippen LogP contribution in [0.4, 0.5) is 0 Å². The van der Waals surface area contributed by atoms with Crippen molar-refractivity contribution in [2.45, 2.75) is 31.2 Å². The molecule has 96 valence electrons. The van der Waals surface area contributed by atoms with E-state index in [2.05, 4.69) is 26.2 Å². The van der Waals surface area contributed by atoms with Crippen LogP contribution in [0.5, 0.6) is 0 Å². The van der Waals surface area contributed by atoms with Crippen molar-refractivity contribution < 1.29 is 14.7 Å². The number of hydrogen-bond donors (Lipinski definition) is 2. The normalized spacial score (nSPS) is 17.4. The van der Waals surface area contributed by atoms with Gasteiger partial charge in [-0.25, -0.2) is 9.78 Å². The minimum Gasteiger partial charge on any atom is -0.480 e. The van der Waals surface area contributed by atoms with Crippen molar-refractivity contribution in [3.63, 3.8) is 0 Å². The van der Waals surface area contributed by atoms with Crippen molar-refractivity contribution in [1.82, 2.24) is 10.3 Å². The third-order valence-corrected chi connectivity index (χ3v) is 3.85. The number of halogens is 1. The summed E-state index contributed by atoms with van der Waals surface area (Å²) in [6, 6.07) is 3.25. The molecular formula is C12H13BrN2O3. The standard InChI is InChI=1S/C12H13BrN2O3/c13-9-8(4-3-7-14-9)10(16)15-12(11(17)18)5-1-2-6-12/h3-4,7H,1-2,5-6H2,(H,15,16)(H,17,18). The summed E-state index contributed by atoms with van der Waals surface area (Å²) < 4.78 is 0.418. The summed E-state index contributed by atoms with van der Waals surface area (Å²) in [6.07, 6.45) is 4.16. The van der Waals surface area contributed by atoms with E-state index in [-0.39, 0.29) is 0 Å². The molecule has 1 amide bonds. The zero-order chi connectivity index (χ0) is 13.2. The highest BCUT2D eigenvalue weighted by molar-refractivity contribution is 9.10. The van der Waals surface area contributed by atoms with Gasteiger partial charge in [-0.05, 0) is 40.9 Å². The lowest BCUT2D eigenvalue weighted by atomic mass is 9.97. The topological polar surface area (TPSA) is 79.3 Å². The summed E-state index contributed by atoms with van der Waals surface area (Å²) >= 11 is 3.18. The number of nitrogens with one attached hydrogen (secondary N) is 1. The quantitative estimate of drug-likeness (QED) is 0.836. The van der Waals surface area contributed by atoms with Crippen LogP contribution in [-0.4, -0.2) is 27.5 Å². The highest BCUT2D eigenvalue weighted by Crippen LogP contribution is 2.30. The number of nitrogens with zero attached hydrogens (tertiary/aromatic N) is 1. The van der Waals surface area contributed by atoms with Crippen LogP contribution in [0.2, 0.25) is 0 Å². The molecule has 0 unspecified atom stereocenters. The summed E-state index contributed by atoms with van der Waals surface area (Å²) in [6.45, 7) is 0. The van der Waals surface area contributed by atoms with Gasteiger partial charge in [-0.3, -0.25) is 4.79 Å². The Balaban J connectivity index is 2.21. The Bertz CT molecular complexity index is 484. The van der Waals surface area contributed by atoms with Crippen molar-refractivity contribution in [1.29, 1.82) is 0 Å². The third kappa shape index (κ3) is 2.38. The molecule has 2 rings (SSSR count). The van der Waals surface area contributed by atoms with Gasteiger partial charge in [0.2, 0.25) is 0 Å². The Labute approximate surface area is 113 Å². The van der Waals surface area contributed by atoms with Gasteiger partial charge in [0.25, 0.3) is 5.91 Å². The van der Waals surface area contributed by atoms with Crippen LogP contribution in [0, 0.1) is 0 Å². The SMILES string of the molecule is O=C(NC1(C(=O)O)CCCC1)c1cccnc1Br. The van der Waals surface area contributed by atoms with Crippen LogP contribution < -0.4 is 5.32 Å². The van der Waals surface area contributed by atoms with Crippen LogP contribution in [0.3, 0.4) is 0 Å². The average Bonchev–Trinajstić information content (AvgIpc) is 2.79. The largest absolute Gasteiger partial charge is 0.480 e. The van der Waals surface area contributed by atoms with Crippen LogP contribution in [0.25, 0.3) is 0 Å². The van der Waals surface area contributed by atoms with Crippen molar-refractivity contribution in [2.24, 2.45) is 0 Å². The smallest absolute Gasteiger partial charge is 0.329 e.